The van der Waals surface area contributed by atoms with Crippen molar-refractivity contribution in [1.82, 2.24) is 5.32 Å². The van der Waals surface area contributed by atoms with Crippen LogP contribution in [-0.4, -0.2) is 13.1 Å². The summed E-state index contributed by atoms with van der Waals surface area (Å²) in [7, 11) is 0. The molecule has 2 rings (SSSR count). The Morgan fingerprint density at radius 3 is 2.61 bits per heavy atom. The van der Waals surface area contributed by atoms with Crippen molar-refractivity contribution in [3.63, 3.8) is 0 Å². The second-order valence-corrected chi connectivity index (χ2v) is 4.60. The Hall–Kier alpha value is -1.54. The fourth-order valence-electron chi connectivity index (χ4n) is 2.16. The largest absolute Gasteiger partial charge is 0.469 e. The van der Waals surface area contributed by atoms with Gasteiger partial charge in [0, 0.05) is 18.9 Å². The van der Waals surface area contributed by atoms with E-state index in [1.54, 1.807) is 6.26 Å². The van der Waals surface area contributed by atoms with E-state index in [9.17, 15) is 0 Å². The minimum absolute atomic E-state index is 0.476. The summed E-state index contributed by atoms with van der Waals surface area (Å²) in [4.78, 5) is 0. The molecule has 0 bridgehead atoms. The van der Waals surface area contributed by atoms with Gasteiger partial charge in [-0.1, -0.05) is 37.3 Å². The second kappa shape index (κ2) is 7.02. The molecule has 2 heteroatoms. The van der Waals surface area contributed by atoms with E-state index in [-0.39, 0.29) is 0 Å². The Bertz CT molecular complexity index is 422. The second-order valence-electron chi connectivity index (χ2n) is 4.60. The molecule has 0 fully saturated rings. The molecule has 2 aromatic rings. The summed E-state index contributed by atoms with van der Waals surface area (Å²) in [5.41, 5.74) is 1.37. The zero-order valence-electron chi connectivity index (χ0n) is 10.9. The maximum Gasteiger partial charge on any atom is 0.104 e. The number of benzene rings is 1. The van der Waals surface area contributed by atoms with Gasteiger partial charge in [0.25, 0.3) is 0 Å². The summed E-state index contributed by atoms with van der Waals surface area (Å²) in [6, 6.07) is 14.7. The first-order valence-corrected chi connectivity index (χ1v) is 6.68. The van der Waals surface area contributed by atoms with Crippen LogP contribution < -0.4 is 5.32 Å². The lowest BCUT2D eigenvalue weighted by atomic mass is 9.94. The Balaban J connectivity index is 2.03. The number of nitrogens with one attached hydrogen (secondary N) is 1. The maximum atomic E-state index is 5.46. The normalized spacial score (nSPS) is 12.5. The van der Waals surface area contributed by atoms with Crippen LogP contribution >= 0.6 is 0 Å². The average molecular weight is 243 g/mol. The first-order valence-electron chi connectivity index (χ1n) is 6.68. The number of hydrogen-bond acceptors (Lipinski definition) is 2. The van der Waals surface area contributed by atoms with Crippen molar-refractivity contribution in [1.29, 1.82) is 0 Å². The smallest absolute Gasteiger partial charge is 0.104 e. The van der Waals surface area contributed by atoms with Crippen LogP contribution in [0.15, 0.2) is 53.1 Å². The third-order valence-electron chi connectivity index (χ3n) is 3.12. The third-order valence-corrected chi connectivity index (χ3v) is 3.12. The van der Waals surface area contributed by atoms with Crippen LogP contribution in [0.5, 0.6) is 0 Å². The molecule has 0 radical (unpaired) electrons. The summed E-state index contributed by atoms with van der Waals surface area (Å²) in [5, 5.41) is 3.50. The van der Waals surface area contributed by atoms with Gasteiger partial charge >= 0.3 is 0 Å². The van der Waals surface area contributed by atoms with Crippen molar-refractivity contribution in [2.24, 2.45) is 0 Å². The molecule has 0 saturated heterocycles. The van der Waals surface area contributed by atoms with Gasteiger partial charge in [0.2, 0.25) is 0 Å². The van der Waals surface area contributed by atoms with E-state index in [4.69, 9.17) is 4.42 Å². The molecule has 1 aromatic carbocycles. The molecule has 0 spiro atoms. The van der Waals surface area contributed by atoms with E-state index < -0.39 is 0 Å². The van der Waals surface area contributed by atoms with Crippen LogP contribution in [0.4, 0.5) is 0 Å². The molecule has 1 aromatic heterocycles. The van der Waals surface area contributed by atoms with Crippen molar-refractivity contribution in [2.45, 2.75) is 25.7 Å². The van der Waals surface area contributed by atoms with Crippen LogP contribution in [0.25, 0.3) is 0 Å². The van der Waals surface area contributed by atoms with Crippen molar-refractivity contribution in [3.05, 3.63) is 60.1 Å². The molecule has 0 amide bonds. The number of furan rings is 1. The molecular formula is C16H21NO. The highest BCUT2D eigenvalue weighted by Gasteiger charge is 2.13. The van der Waals surface area contributed by atoms with E-state index >= 15 is 0 Å². The minimum Gasteiger partial charge on any atom is -0.469 e. The van der Waals surface area contributed by atoms with E-state index in [1.807, 2.05) is 6.07 Å². The Morgan fingerprint density at radius 1 is 1.11 bits per heavy atom. The summed E-state index contributed by atoms with van der Waals surface area (Å²) >= 11 is 0. The summed E-state index contributed by atoms with van der Waals surface area (Å²) in [6.45, 7) is 4.26. The molecule has 18 heavy (non-hydrogen) atoms. The molecule has 0 saturated carbocycles. The predicted octanol–water partition coefficient (Wildman–Crippen LogP) is 3.61. The monoisotopic (exact) mass is 243 g/mol. The summed E-state index contributed by atoms with van der Waals surface area (Å²) < 4.78 is 5.46. The molecule has 96 valence electrons. The topological polar surface area (TPSA) is 25.2 Å². The van der Waals surface area contributed by atoms with Gasteiger partial charge in [-0.05, 0) is 30.7 Å². The molecule has 1 unspecified atom stereocenters. The van der Waals surface area contributed by atoms with Crippen LogP contribution in [0.3, 0.4) is 0 Å². The van der Waals surface area contributed by atoms with Crippen LogP contribution in [0.2, 0.25) is 0 Å². The molecule has 0 aliphatic rings. The standard InChI is InChI=1S/C16H21NO/c1-2-10-17-13-15(12-16-9-6-11-18-16)14-7-4-3-5-8-14/h3-9,11,15,17H,2,10,12-13H2,1H3. The third kappa shape index (κ3) is 3.74. The molecule has 1 atom stereocenters. The first-order chi connectivity index (χ1) is 8.90. The summed E-state index contributed by atoms with van der Waals surface area (Å²) in [5.74, 6) is 1.53. The maximum absolute atomic E-state index is 5.46. The molecule has 0 aliphatic carbocycles. The van der Waals surface area contributed by atoms with E-state index in [1.165, 1.54) is 12.0 Å². The zero-order valence-corrected chi connectivity index (χ0v) is 10.9. The molecule has 0 aliphatic heterocycles. The van der Waals surface area contributed by atoms with Gasteiger partial charge < -0.3 is 9.73 Å². The Labute approximate surface area is 109 Å². The van der Waals surface area contributed by atoms with Gasteiger partial charge in [0.1, 0.15) is 5.76 Å². The predicted molar refractivity (Wildman–Crippen MR) is 74.8 cm³/mol. The highest BCUT2D eigenvalue weighted by molar-refractivity contribution is 5.21. The average Bonchev–Trinajstić information content (AvgIpc) is 2.92. The van der Waals surface area contributed by atoms with Crippen LogP contribution in [-0.2, 0) is 6.42 Å². The Morgan fingerprint density at radius 2 is 1.94 bits per heavy atom. The van der Waals surface area contributed by atoms with Crippen molar-refractivity contribution < 1.29 is 4.42 Å². The van der Waals surface area contributed by atoms with Gasteiger partial charge in [0.05, 0.1) is 6.26 Å². The molecule has 1 heterocycles. The van der Waals surface area contributed by atoms with E-state index in [2.05, 4.69) is 48.6 Å². The lowest BCUT2D eigenvalue weighted by Crippen LogP contribution is -2.23. The summed E-state index contributed by atoms with van der Waals surface area (Å²) in [6.07, 6.45) is 3.87. The lowest BCUT2D eigenvalue weighted by molar-refractivity contribution is 0.473. The van der Waals surface area contributed by atoms with Gasteiger partial charge in [-0.3, -0.25) is 0 Å². The molecule has 1 N–H and O–H groups in total. The van der Waals surface area contributed by atoms with E-state index in [0.717, 1.165) is 25.3 Å². The highest BCUT2D eigenvalue weighted by Crippen LogP contribution is 2.20. The van der Waals surface area contributed by atoms with Crippen LogP contribution in [0, 0.1) is 0 Å². The minimum atomic E-state index is 0.476. The highest BCUT2D eigenvalue weighted by atomic mass is 16.3. The van der Waals surface area contributed by atoms with Gasteiger partial charge in [-0.15, -0.1) is 0 Å². The van der Waals surface area contributed by atoms with Gasteiger partial charge in [-0.25, -0.2) is 0 Å². The Kier molecular flexibility index (Phi) is 5.03. The van der Waals surface area contributed by atoms with Gasteiger partial charge in [0.15, 0.2) is 0 Å². The number of hydrogen-bond donors (Lipinski definition) is 1. The molecular weight excluding hydrogens is 222 g/mol. The van der Waals surface area contributed by atoms with Crippen molar-refractivity contribution >= 4 is 0 Å². The van der Waals surface area contributed by atoms with E-state index in [0.29, 0.717) is 5.92 Å². The van der Waals surface area contributed by atoms with Crippen molar-refractivity contribution in [3.8, 4) is 0 Å². The molecule has 2 nitrogen and oxygen atoms in total. The SMILES string of the molecule is CCCNCC(Cc1ccco1)c1ccccc1. The van der Waals surface area contributed by atoms with Crippen LogP contribution in [0.1, 0.15) is 30.6 Å². The fourth-order valence-corrected chi connectivity index (χ4v) is 2.16. The zero-order chi connectivity index (χ0) is 12.6. The number of rotatable bonds is 7. The van der Waals surface area contributed by atoms with Crippen molar-refractivity contribution in [2.75, 3.05) is 13.1 Å². The fraction of sp³-hybridized carbons (Fsp3) is 0.375. The lowest BCUT2D eigenvalue weighted by Gasteiger charge is -2.17. The quantitative estimate of drug-likeness (QED) is 0.752. The first kappa shape index (κ1) is 12.9. The van der Waals surface area contributed by atoms with Gasteiger partial charge in [-0.2, -0.15) is 0 Å².